The first-order valence-electron chi connectivity index (χ1n) is 8.75. The van der Waals surface area contributed by atoms with Crippen molar-refractivity contribution in [3.8, 4) is 0 Å². The molecular weight excluding hydrogens is 298 g/mol. The second kappa shape index (κ2) is 8.11. The summed E-state index contributed by atoms with van der Waals surface area (Å²) in [5.41, 5.74) is 1.08. The number of ether oxygens (including phenoxy) is 1. The van der Waals surface area contributed by atoms with Crippen molar-refractivity contribution in [2.45, 2.75) is 31.7 Å². The van der Waals surface area contributed by atoms with Crippen molar-refractivity contribution in [2.24, 2.45) is 0 Å². The number of carbonyl (C=O) groups excluding carboxylic acids is 1. The van der Waals surface area contributed by atoms with Crippen molar-refractivity contribution in [1.82, 2.24) is 4.90 Å². The van der Waals surface area contributed by atoms with Gasteiger partial charge in [-0.1, -0.05) is 55.3 Å². The van der Waals surface area contributed by atoms with E-state index < -0.39 is 0 Å². The van der Waals surface area contributed by atoms with E-state index in [1.165, 1.54) is 23.6 Å². The molecule has 1 aliphatic rings. The molecule has 0 aromatic heterocycles. The zero-order chi connectivity index (χ0) is 16.8. The molecule has 1 amide bonds. The molecule has 3 nitrogen and oxygen atoms in total. The third kappa shape index (κ3) is 3.85. The normalized spacial score (nSPS) is 15.4. The molecular formula is C21H25NO2. The molecule has 0 unspecified atom stereocenters. The molecule has 3 rings (SSSR count). The molecule has 0 spiro atoms. The lowest BCUT2D eigenvalue weighted by atomic mass is 10.0. The van der Waals surface area contributed by atoms with Gasteiger partial charge >= 0.3 is 0 Å². The summed E-state index contributed by atoms with van der Waals surface area (Å²) in [6, 6.07) is 14.8. The molecule has 1 aliphatic carbocycles. The van der Waals surface area contributed by atoms with Gasteiger partial charge < -0.3 is 9.64 Å². The van der Waals surface area contributed by atoms with E-state index in [0.717, 1.165) is 18.4 Å². The van der Waals surface area contributed by atoms with E-state index in [-0.39, 0.29) is 5.91 Å². The topological polar surface area (TPSA) is 29.5 Å². The van der Waals surface area contributed by atoms with Crippen LogP contribution in [0, 0.1) is 0 Å². The molecule has 0 heterocycles. The van der Waals surface area contributed by atoms with Crippen LogP contribution in [-0.4, -0.2) is 37.1 Å². The number of nitrogens with zero attached hydrogens (tertiary/aromatic N) is 1. The van der Waals surface area contributed by atoms with Crippen LogP contribution in [-0.2, 0) is 9.53 Å². The fraction of sp³-hybridized carbons (Fsp3) is 0.381. The number of benzene rings is 2. The van der Waals surface area contributed by atoms with E-state index in [0.29, 0.717) is 19.2 Å². The lowest BCUT2D eigenvalue weighted by molar-refractivity contribution is -0.128. The number of methoxy groups -OCH3 is 1. The Bertz CT molecular complexity index is 711. The maximum Gasteiger partial charge on any atom is 0.246 e. The summed E-state index contributed by atoms with van der Waals surface area (Å²) in [7, 11) is 1.68. The van der Waals surface area contributed by atoms with Crippen LogP contribution in [0.5, 0.6) is 0 Å². The first-order chi connectivity index (χ1) is 11.8. The van der Waals surface area contributed by atoms with Gasteiger partial charge in [0.15, 0.2) is 0 Å². The summed E-state index contributed by atoms with van der Waals surface area (Å²) in [4.78, 5) is 14.7. The Morgan fingerprint density at radius 1 is 1.17 bits per heavy atom. The third-order valence-corrected chi connectivity index (χ3v) is 4.81. The van der Waals surface area contributed by atoms with Crippen LogP contribution < -0.4 is 0 Å². The van der Waals surface area contributed by atoms with Gasteiger partial charge in [0, 0.05) is 25.8 Å². The number of fused-ring (bicyclic) bond motifs is 1. The Balaban J connectivity index is 1.78. The highest BCUT2D eigenvalue weighted by Gasteiger charge is 2.24. The molecule has 0 N–H and O–H groups in total. The summed E-state index contributed by atoms with van der Waals surface area (Å²) in [6.45, 7) is 1.25. The average Bonchev–Trinajstić information content (AvgIpc) is 3.14. The van der Waals surface area contributed by atoms with Crippen LogP contribution in [0.1, 0.15) is 31.2 Å². The van der Waals surface area contributed by atoms with Crippen molar-refractivity contribution in [3.05, 3.63) is 54.1 Å². The molecule has 2 aromatic carbocycles. The number of carbonyl (C=O) groups is 1. The Morgan fingerprint density at radius 2 is 1.92 bits per heavy atom. The second-order valence-electron chi connectivity index (χ2n) is 6.36. The zero-order valence-corrected chi connectivity index (χ0v) is 14.3. The SMILES string of the molecule is COCCN(C(=O)/C=C\c1cccc2ccccc12)C1CCCC1. The summed E-state index contributed by atoms with van der Waals surface area (Å²) >= 11 is 0. The standard InChI is InChI=1S/C21H25NO2/c1-24-16-15-22(19-10-3-4-11-19)21(23)14-13-18-9-6-8-17-7-2-5-12-20(17)18/h2,5-9,12-14,19H,3-4,10-11,15-16H2,1H3/b14-13-. The Kier molecular flexibility index (Phi) is 5.65. The predicted octanol–water partition coefficient (Wildman–Crippen LogP) is 4.27. The highest BCUT2D eigenvalue weighted by atomic mass is 16.5. The van der Waals surface area contributed by atoms with E-state index in [4.69, 9.17) is 4.74 Å². The number of hydrogen-bond acceptors (Lipinski definition) is 2. The smallest absolute Gasteiger partial charge is 0.246 e. The van der Waals surface area contributed by atoms with Gasteiger partial charge in [0.1, 0.15) is 0 Å². The third-order valence-electron chi connectivity index (χ3n) is 4.81. The second-order valence-corrected chi connectivity index (χ2v) is 6.36. The number of hydrogen-bond donors (Lipinski definition) is 0. The fourth-order valence-electron chi connectivity index (χ4n) is 3.53. The van der Waals surface area contributed by atoms with Crippen molar-refractivity contribution < 1.29 is 9.53 Å². The molecule has 0 aliphatic heterocycles. The van der Waals surface area contributed by atoms with Gasteiger partial charge in [-0.05, 0) is 35.3 Å². The summed E-state index contributed by atoms with van der Waals surface area (Å²) < 4.78 is 5.18. The van der Waals surface area contributed by atoms with Crippen LogP contribution in [0.4, 0.5) is 0 Å². The van der Waals surface area contributed by atoms with E-state index in [2.05, 4.69) is 24.3 Å². The molecule has 126 valence electrons. The highest BCUT2D eigenvalue weighted by Crippen LogP contribution is 2.24. The molecule has 0 atom stereocenters. The quantitative estimate of drug-likeness (QED) is 0.743. The largest absolute Gasteiger partial charge is 0.383 e. The van der Waals surface area contributed by atoms with Crippen LogP contribution in [0.2, 0.25) is 0 Å². The minimum Gasteiger partial charge on any atom is -0.383 e. The Labute approximate surface area is 143 Å². The average molecular weight is 323 g/mol. The van der Waals surface area contributed by atoms with Crippen molar-refractivity contribution in [1.29, 1.82) is 0 Å². The lowest BCUT2D eigenvalue weighted by Crippen LogP contribution is -2.40. The van der Waals surface area contributed by atoms with Gasteiger partial charge in [-0.2, -0.15) is 0 Å². The van der Waals surface area contributed by atoms with Crippen LogP contribution in [0.3, 0.4) is 0 Å². The van der Waals surface area contributed by atoms with Crippen LogP contribution in [0.25, 0.3) is 16.8 Å². The van der Waals surface area contributed by atoms with Gasteiger partial charge in [-0.3, -0.25) is 4.79 Å². The van der Waals surface area contributed by atoms with Gasteiger partial charge in [0.05, 0.1) is 6.61 Å². The van der Waals surface area contributed by atoms with E-state index in [1.807, 2.05) is 29.2 Å². The maximum absolute atomic E-state index is 12.7. The predicted molar refractivity (Wildman–Crippen MR) is 98.8 cm³/mol. The van der Waals surface area contributed by atoms with Gasteiger partial charge in [0.2, 0.25) is 5.91 Å². The first kappa shape index (κ1) is 16.7. The minimum absolute atomic E-state index is 0.0897. The summed E-state index contributed by atoms with van der Waals surface area (Å²) in [6.07, 6.45) is 8.31. The highest BCUT2D eigenvalue weighted by molar-refractivity contribution is 5.96. The monoisotopic (exact) mass is 323 g/mol. The molecule has 1 fully saturated rings. The van der Waals surface area contributed by atoms with E-state index in [1.54, 1.807) is 13.2 Å². The van der Waals surface area contributed by atoms with Gasteiger partial charge in [0.25, 0.3) is 0 Å². The Morgan fingerprint density at radius 3 is 2.71 bits per heavy atom. The summed E-state index contributed by atoms with van der Waals surface area (Å²) in [5, 5.41) is 2.37. The molecule has 0 radical (unpaired) electrons. The molecule has 24 heavy (non-hydrogen) atoms. The molecule has 0 bridgehead atoms. The summed E-state index contributed by atoms with van der Waals surface area (Å²) in [5.74, 6) is 0.0897. The van der Waals surface area contributed by atoms with Crippen molar-refractivity contribution in [3.63, 3.8) is 0 Å². The first-order valence-corrected chi connectivity index (χ1v) is 8.75. The Hall–Kier alpha value is -2.13. The fourth-order valence-corrected chi connectivity index (χ4v) is 3.53. The van der Waals surface area contributed by atoms with Gasteiger partial charge in [-0.15, -0.1) is 0 Å². The van der Waals surface area contributed by atoms with Crippen LogP contribution >= 0.6 is 0 Å². The zero-order valence-electron chi connectivity index (χ0n) is 14.3. The van der Waals surface area contributed by atoms with E-state index in [9.17, 15) is 4.79 Å². The van der Waals surface area contributed by atoms with Crippen molar-refractivity contribution >= 4 is 22.8 Å². The minimum atomic E-state index is 0.0897. The van der Waals surface area contributed by atoms with Crippen molar-refractivity contribution in [2.75, 3.05) is 20.3 Å². The maximum atomic E-state index is 12.7. The molecule has 3 heteroatoms. The lowest BCUT2D eigenvalue weighted by Gasteiger charge is -2.27. The molecule has 1 saturated carbocycles. The van der Waals surface area contributed by atoms with E-state index >= 15 is 0 Å². The van der Waals surface area contributed by atoms with Crippen LogP contribution in [0.15, 0.2) is 48.5 Å². The number of rotatable bonds is 6. The molecule has 2 aromatic rings. The molecule has 0 saturated heterocycles. The van der Waals surface area contributed by atoms with Gasteiger partial charge in [-0.25, -0.2) is 0 Å². The number of amides is 1.